The molecule has 164 valence electrons. The minimum absolute atomic E-state index is 0.0718. The maximum Gasteiger partial charge on any atom is 0.416 e. The first-order valence-electron chi connectivity index (χ1n) is 9.18. The van der Waals surface area contributed by atoms with Crippen molar-refractivity contribution in [2.45, 2.75) is 31.2 Å². The van der Waals surface area contributed by atoms with E-state index in [1.54, 1.807) is 6.07 Å². The van der Waals surface area contributed by atoms with Crippen molar-refractivity contribution in [1.29, 1.82) is 0 Å². The Morgan fingerprint density at radius 3 is 2.65 bits per heavy atom. The number of amides is 1. The van der Waals surface area contributed by atoms with E-state index >= 15 is 0 Å². The van der Waals surface area contributed by atoms with E-state index in [2.05, 4.69) is 15.5 Å². The summed E-state index contributed by atoms with van der Waals surface area (Å²) < 4.78 is 41.1. The summed E-state index contributed by atoms with van der Waals surface area (Å²) in [5.74, 6) is 0.500. The average Bonchev–Trinajstić information content (AvgIpc) is 3.14. The maximum absolute atomic E-state index is 13.2. The number of hydrogen-bond acceptors (Lipinski definition) is 4. The molecule has 2 aromatic carbocycles. The van der Waals surface area contributed by atoms with Crippen LogP contribution in [-0.2, 0) is 12.7 Å². The van der Waals surface area contributed by atoms with Crippen molar-refractivity contribution in [3.63, 3.8) is 0 Å². The van der Waals surface area contributed by atoms with Crippen LogP contribution >= 0.6 is 35.0 Å². The second-order valence-electron chi connectivity index (χ2n) is 6.44. The highest BCUT2D eigenvalue weighted by atomic mass is 35.5. The third-order valence-electron chi connectivity index (χ3n) is 4.15. The Morgan fingerprint density at radius 2 is 1.94 bits per heavy atom. The molecule has 1 heterocycles. The molecule has 5 nitrogen and oxygen atoms in total. The summed E-state index contributed by atoms with van der Waals surface area (Å²) in [5, 5.41) is 11.9. The van der Waals surface area contributed by atoms with Gasteiger partial charge >= 0.3 is 6.18 Å². The molecule has 0 unspecified atom stereocenters. The molecule has 0 spiro atoms. The molecule has 1 amide bonds. The molecule has 0 radical (unpaired) electrons. The van der Waals surface area contributed by atoms with Crippen LogP contribution in [0.4, 0.5) is 13.2 Å². The first kappa shape index (κ1) is 23.4. The minimum atomic E-state index is -4.49. The van der Waals surface area contributed by atoms with E-state index in [4.69, 9.17) is 23.2 Å². The highest BCUT2D eigenvalue weighted by Crippen LogP contribution is 2.32. The van der Waals surface area contributed by atoms with Crippen LogP contribution in [0.25, 0.3) is 5.69 Å². The van der Waals surface area contributed by atoms with E-state index in [-0.39, 0.29) is 28.6 Å². The van der Waals surface area contributed by atoms with Crippen LogP contribution in [0.15, 0.2) is 47.6 Å². The fourth-order valence-corrected chi connectivity index (χ4v) is 3.91. The van der Waals surface area contributed by atoms with Crippen LogP contribution in [0.1, 0.15) is 35.1 Å². The van der Waals surface area contributed by atoms with Gasteiger partial charge in [0, 0.05) is 10.8 Å². The predicted octanol–water partition coefficient (Wildman–Crippen LogP) is 6.03. The lowest BCUT2D eigenvalue weighted by Crippen LogP contribution is -2.25. The molecule has 11 heteroatoms. The standard InChI is InChI=1S/C20H17Cl2F3N4OS/c1-2-8-31-19-28-27-17(11-26-18(30)15-10-13(21)6-7-16(15)22)29(19)14-5-3-4-12(9-14)20(23,24)25/h3-7,9-10H,2,8,11H2,1H3,(H,26,30). The zero-order valence-corrected chi connectivity index (χ0v) is 18.5. The third-order valence-corrected chi connectivity index (χ3v) is 5.85. The molecule has 3 rings (SSSR count). The van der Waals surface area contributed by atoms with Gasteiger partial charge < -0.3 is 5.32 Å². The average molecular weight is 489 g/mol. The molecule has 0 fully saturated rings. The van der Waals surface area contributed by atoms with E-state index in [9.17, 15) is 18.0 Å². The lowest BCUT2D eigenvalue weighted by Gasteiger charge is -2.13. The molecule has 3 aromatic rings. The highest BCUT2D eigenvalue weighted by Gasteiger charge is 2.31. The van der Waals surface area contributed by atoms with Crippen molar-refractivity contribution < 1.29 is 18.0 Å². The number of rotatable bonds is 7. The minimum Gasteiger partial charge on any atom is -0.345 e. The molecule has 0 atom stereocenters. The number of nitrogens with zero attached hydrogens (tertiary/aromatic N) is 3. The number of nitrogens with one attached hydrogen (secondary N) is 1. The summed E-state index contributed by atoms with van der Waals surface area (Å²) in [4.78, 5) is 12.5. The van der Waals surface area contributed by atoms with Crippen LogP contribution in [0.5, 0.6) is 0 Å². The molecular weight excluding hydrogens is 472 g/mol. The van der Waals surface area contributed by atoms with E-state index in [0.29, 0.717) is 15.9 Å². The van der Waals surface area contributed by atoms with Gasteiger partial charge in [0.2, 0.25) is 0 Å². The second-order valence-corrected chi connectivity index (χ2v) is 8.34. The topological polar surface area (TPSA) is 59.8 Å². The summed E-state index contributed by atoms with van der Waals surface area (Å²) in [6.07, 6.45) is -3.64. The zero-order valence-electron chi connectivity index (χ0n) is 16.2. The molecule has 31 heavy (non-hydrogen) atoms. The van der Waals surface area contributed by atoms with E-state index in [0.717, 1.165) is 18.6 Å². The molecule has 1 N–H and O–H groups in total. The number of alkyl halides is 3. The molecule has 0 saturated carbocycles. The number of aromatic nitrogens is 3. The lowest BCUT2D eigenvalue weighted by atomic mass is 10.2. The first-order chi connectivity index (χ1) is 14.7. The second kappa shape index (κ2) is 9.93. The van der Waals surface area contributed by atoms with Gasteiger partial charge in [0.25, 0.3) is 5.91 Å². The fourth-order valence-electron chi connectivity index (χ4n) is 2.71. The quantitative estimate of drug-likeness (QED) is 0.412. The smallest absolute Gasteiger partial charge is 0.345 e. The highest BCUT2D eigenvalue weighted by molar-refractivity contribution is 7.99. The Balaban J connectivity index is 1.92. The van der Waals surface area contributed by atoms with Crippen LogP contribution in [0.2, 0.25) is 10.0 Å². The predicted molar refractivity (Wildman–Crippen MR) is 115 cm³/mol. The number of benzene rings is 2. The van der Waals surface area contributed by atoms with Crippen molar-refractivity contribution >= 4 is 40.9 Å². The molecular formula is C20H17Cl2F3N4OS. The molecule has 0 bridgehead atoms. The Morgan fingerprint density at radius 1 is 1.16 bits per heavy atom. The molecule has 0 aliphatic heterocycles. The number of carbonyl (C=O) groups is 1. The molecule has 0 aliphatic rings. The maximum atomic E-state index is 13.2. The SMILES string of the molecule is CCCSc1nnc(CNC(=O)c2cc(Cl)ccc2Cl)n1-c1cccc(C(F)(F)F)c1. The Bertz CT molecular complexity index is 1090. The molecule has 0 saturated heterocycles. The summed E-state index contributed by atoms with van der Waals surface area (Å²) in [6, 6.07) is 9.37. The van der Waals surface area contributed by atoms with Gasteiger partial charge in [-0.05, 0) is 42.8 Å². The van der Waals surface area contributed by atoms with E-state index < -0.39 is 17.6 Å². The van der Waals surface area contributed by atoms with Crippen molar-refractivity contribution in [2.24, 2.45) is 0 Å². The van der Waals surface area contributed by atoms with Crippen LogP contribution in [0.3, 0.4) is 0 Å². The molecule has 1 aromatic heterocycles. The lowest BCUT2D eigenvalue weighted by molar-refractivity contribution is -0.137. The van der Waals surface area contributed by atoms with Gasteiger partial charge in [-0.15, -0.1) is 10.2 Å². The van der Waals surface area contributed by atoms with Crippen LogP contribution in [-0.4, -0.2) is 26.4 Å². The summed E-state index contributed by atoms with van der Waals surface area (Å²) >= 11 is 13.4. The number of carbonyl (C=O) groups excluding carboxylic acids is 1. The first-order valence-corrected chi connectivity index (χ1v) is 10.9. The molecule has 0 aliphatic carbocycles. The number of halogens is 5. The van der Waals surface area contributed by atoms with Gasteiger partial charge in [0.1, 0.15) is 0 Å². The summed E-state index contributed by atoms with van der Waals surface area (Å²) in [5.41, 5.74) is -0.353. The fraction of sp³-hybridized carbons (Fsp3) is 0.250. The van der Waals surface area contributed by atoms with Gasteiger partial charge in [-0.25, -0.2) is 0 Å². The number of thioether (sulfide) groups is 1. The third kappa shape index (κ3) is 5.72. The Kier molecular flexibility index (Phi) is 7.51. The zero-order chi connectivity index (χ0) is 22.6. The Labute approximate surface area is 190 Å². The van der Waals surface area contributed by atoms with Gasteiger partial charge in [-0.1, -0.05) is 48.0 Å². The van der Waals surface area contributed by atoms with E-state index in [1.165, 1.54) is 40.6 Å². The van der Waals surface area contributed by atoms with Crippen molar-refractivity contribution in [2.75, 3.05) is 5.75 Å². The van der Waals surface area contributed by atoms with Crippen molar-refractivity contribution in [1.82, 2.24) is 20.1 Å². The number of hydrogen-bond donors (Lipinski definition) is 1. The summed E-state index contributed by atoms with van der Waals surface area (Å²) in [7, 11) is 0. The van der Waals surface area contributed by atoms with Crippen LogP contribution < -0.4 is 5.32 Å². The largest absolute Gasteiger partial charge is 0.416 e. The normalized spacial score (nSPS) is 11.5. The van der Waals surface area contributed by atoms with Crippen molar-refractivity contribution in [3.05, 3.63) is 69.5 Å². The van der Waals surface area contributed by atoms with Gasteiger partial charge in [-0.3, -0.25) is 9.36 Å². The van der Waals surface area contributed by atoms with Crippen molar-refractivity contribution in [3.8, 4) is 5.69 Å². The Hall–Kier alpha value is -2.23. The van der Waals surface area contributed by atoms with Crippen LogP contribution in [0, 0.1) is 0 Å². The van der Waals surface area contributed by atoms with E-state index in [1.807, 2.05) is 6.92 Å². The summed E-state index contributed by atoms with van der Waals surface area (Å²) in [6.45, 7) is 1.91. The van der Waals surface area contributed by atoms with Gasteiger partial charge in [0.05, 0.1) is 28.4 Å². The van der Waals surface area contributed by atoms with Gasteiger partial charge in [0.15, 0.2) is 11.0 Å². The van der Waals surface area contributed by atoms with Gasteiger partial charge in [-0.2, -0.15) is 13.2 Å². The monoisotopic (exact) mass is 488 g/mol.